The predicted octanol–water partition coefficient (Wildman–Crippen LogP) is -1.80. The lowest BCUT2D eigenvalue weighted by Gasteiger charge is -1.99. The Hall–Kier alpha value is 0.260. The van der Waals surface area contributed by atoms with Gasteiger partial charge in [-0.05, 0) is 12.1 Å². The van der Waals surface area contributed by atoms with Crippen molar-refractivity contribution < 1.29 is 22.1 Å². The first-order valence-corrected chi connectivity index (χ1v) is 3.95. The van der Waals surface area contributed by atoms with Crippen molar-refractivity contribution in [3.63, 3.8) is 0 Å². The summed E-state index contributed by atoms with van der Waals surface area (Å²) in [5, 5.41) is 8.88. The van der Waals surface area contributed by atoms with Gasteiger partial charge in [0.1, 0.15) is 0 Å². The number of rotatable bonds is 1. The number of quaternary nitrogens is 1. The highest BCUT2D eigenvalue weighted by Crippen LogP contribution is 2.10. The molecule has 0 aliphatic carbocycles. The van der Waals surface area contributed by atoms with E-state index >= 15 is 0 Å². The fourth-order valence-corrected chi connectivity index (χ4v) is 1.01. The molecule has 1 aromatic rings. The predicted molar refractivity (Wildman–Crippen MR) is 45.5 cm³/mol. The first-order valence-electron chi connectivity index (χ1n) is 2.71. The van der Waals surface area contributed by atoms with Crippen molar-refractivity contribution in [1.82, 2.24) is 0 Å². The second-order valence-corrected chi connectivity index (χ2v) is 3.17. The van der Waals surface area contributed by atoms with Gasteiger partial charge in [0, 0.05) is 16.6 Å². The van der Waals surface area contributed by atoms with E-state index in [2.05, 4.69) is 28.7 Å². The lowest BCUT2D eigenvalue weighted by atomic mass is 10.3. The largest absolute Gasteiger partial charge is 1.00 e. The Labute approximate surface area is 85.3 Å². The zero-order valence-electron chi connectivity index (χ0n) is 5.46. The minimum absolute atomic E-state index is 0. The Morgan fingerprint density at radius 3 is 2.09 bits per heavy atom. The molecule has 0 aliphatic heterocycles. The van der Waals surface area contributed by atoms with Crippen molar-refractivity contribution in [2.45, 2.75) is 0 Å². The van der Waals surface area contributed by atoms with Gasteiger partial charge in [-0.1, -0.05) is 15.9 Å². The van der Waals surface area contributed by atoms with Gasteiger partial charge in [-0.15, -0.1) is 4.47 Å². The Morgan fingerprint density at radius 2 is 1.73 bits per heavy atom. The van der Waals surface area contributed by atoms with E-state index in [1.165, 1.54) is 0 Å². The average molecular weight is 257 g/mol. The Bertz CT molecular complexity index is 216. The quantitative estimate of drug-likeness (QED) is 0.401. The van der Waals surface area contributed by atoms with Crippen molar-refractivity contribution in [2.24, 2.45) is 0 Å². The molecule has 0 saturated carbocycles. The molecule has 1 rings (SSSR count). The van der Waals surface area contributed by atoms with Crippen LogP contribution in [0.4, 0.5) is 5.69 Å². The summed E-state index contributed by atoms with van der Waals surface area (Å²) in [4.78, 5) is 0. The Morgan fingerprint density at radius 1 is 1.27 bits per heavy atom. The molecular formula is C6H7BrClNOS. The van der Waals surface area contributed by atoms with Crippen molar-refractivity contribution in [2.75, 3.05) is 0 Å². The third-order valence-electron chi connectivity index (χ3n) is 1.10. The number of halogens is 2. The summed E-state index contributed by atoms with van der Waals surface area (Å²) in [6, 6.07) is 7.27. The van der Waals surface area contributed by atoms with Gasteiger partial charge in [0.15, 0.2) is 5.69 Å². The Balaban J connectivity index is 0.000001000. The van der Waals surface area contributed by atoms with Crippen molar-refractivity contribution in [1.29, 1.82) is 0 Å². The fraction of sp³-hybridized carbons (Fsp3) is 0. The highest BCUT2D eigenvalue weighted by atomic mass is 79.9. The topological polar surface area (TPSA) is 24.7 Å². The van der Waals surface area contributed by atoms with Gasteiger partial charge in [-0.25, -0.2) is 5.21 Å². The van der Waals surface area contributed by atoms with E-state index in [-0.39, 0.29) is 16.9 Å². The molecule has 2 N–H and O–H groups in total. The highest BCUT2D eigenvalue weighted by Gasteiger charge is 2.01. The molecule has 1 unspecified atom stereocenters. The standard InChI is InChI=1S/C6H6BrNOS.ClH/c7-5-1-3-6(4-2-5)8(9)10;/h1-4,9-10H;1H. The molecule has 0 aromatic heterocycles. The summed E-state index contributed by atoms with van der Waals surface area (Å²) in [5.74, 6) is 0. The summed E-state index contributed by atoms with van der Waals surface area (Å²) in [6.07, 6.45) is 0. The van der Waals surface area contributed by atoms with E-state index < -0.39 is 0 Å². The lowest BCUT2D eigenvalue weighted by Crippen LogP contribution is -3.00. The zero-order chi connectivity index (χ0) is 7.56. The van der Waals surface area contributed by atoms with E-state index in [1.54, 1.807) is 12.1 Å². The Kier molecular flexibility index (Phi) is 5.12. The van der Waals surface area contributed by atoms with Crippen LogP contribution >= 0.6 is 28.7 Å². The summed E-state index contributed by atoms with van der Waals surface area (Å²) >= 11 is 7.06. The zero-order valence-corrected chi connectivity index (χ0v) is 8.70. The highest BCUT2D eigenvalue weighted by molar-refractivity contribution is 9.10. The first kappa shape index (κ1) is 11.3. The van der Waals surface area contributed by atoms with Crippen LogP contribution in [0.5, 0.6) is 0 Å². The van der Waals surface area contributed by atoms with Crippen molar-refractivity contribution in [3.8, 4) is 0 Å². The number of thiol groups is 1. The van der Waals surface area contributed by atoms with Gasteiger partial charge in [0.2, 0.25) is 0 Å². The van der Waals surface area contributed by atoms with E-state index in [0.29, 0.717) is 0 Å². The maximum Gasteiger partial charge on any atom is 0.175 e. The maximum atomic E-state index is 8.88. The van der Waals surface area contributed by atoms with Crippen LogP contribution < -0.4 is 16.9 Å². The van der Waals surface area contributed by atoms with Gasteiger partial charge in [0.25, 0.3) is 0 Å². The van der Waals surface area contributed by atoms with Gasteiger partial charge >= 0.3 is 0 Å². The van der Waals surface area contributed by atoms with E-state index in [1.807, 2.05) is 12.1 Å². The second kappa shape index (κ2) is 5.00. The maximum absolute atomic E-state index is 8.88. The molecule has 0 amide bonds. The number of benzene rings is 1. The lowest BCUT2D eigenvalue weighted by molar-refractivity contribution is -0.909. The molecule has 0 radical (unpaired) electrons. The normalized spacial score (nSPS) is 11.9. The third-order valence-corrected chi connectivity index (χ3v) is 1.89. The molecule has 1 atom stereocenters. The summed E-state index contributed by atoms with van der Waals surface area (Å²) in [5.41, 5.74) is 0.728. The van der Waals surface area contributed by atoms with E-state index in [4.69, 9.17) is 5.21 Å². The van der Waals surface area contributed by atoms with Crippen LogP contribution in [0.2, 0.25) is 0 Å². The van der Waals surface area contributed by atoms with Gasteiger partial charge in [-0.3, -0.25) is 0 Å². The minimum atomic E-state index is 0. The molecule has 0 fully saturated rings. The third kappa shape index (κ3) is 3.44. The molecule has 0 spiro atoms. The number of hydrogen-bond acceptors (Lipinski definition) is 2. The SMILES string of the molecule is O[NH+](S)c1ccc(Br)cc1.[Cl-]. The second-order valence-electron chi connectivity index (χ2n) is 1.83. The number of hydrogen-bond donors (Lipinski definition) is 3. The van der Waals surface area contributed by atoms with Gasteiger partial charge < -0.3 is 12.4 Å². The van der Waals surface area contributed by atoms with Crippen LogP contribution in [0.1, 0.15) is 0 Å². The molecule has 1 aromatic carbocycles. The van der Waals surface area contributed by atoms with Crippen molar-refractivity contribution >= 4 is 34.4 Å². The van der Waals surface area contributed by atoms with Crippen LogP contribution in [0.15, 0.2) is 28.7 Å². The van der Waals surface area contributed by atoms with Gasteiger partial charge in [-0.2, -0.15) is 0 Å². The number of nitrogens with one attached hydrogen (secondary N) is 1. The monoisotopic (exact) mass is 255 g/mol. The van der Waals surface area contributed by atoms with Crippen LogP contribution in [0, 0.1) is 0 Å². The van der Waals surface area contributed by atoms with Crippen LogP contribution in [0.3, 0.4) is 0 Å². The van der Waals surface area contributed by atoms with Crippen LogP contribution in [-0.2, 0) is 0 Å². The minimum Gasteiger partial charge on any atom is -1.00 e. The van der Waals surface area contributed by atoms with E-state index in [0.717, 1.165) is 10.2 Å². The molecule has 0 heterocycles. The summed E-state index contributed by atoms with van der Waals surface area (Å²) in [6.45, 7) is 0. The van der Waals surface area contributed by atoms with E-state index in [9.17, 15) is 0 Å². The smallest absolute Gasteiger partial charge is 0.175 e. The first-order chi connectivity index (χ1) is 4.70. The summed E-state index contributed by atoms with van der Waals surface area (Å²) in [7, 11) is 0. The molecule has 11 heavy (non-hydrogen) atoms. The molecule has 2 nitrogen and oxygen atoms in total. The van der Waals surface area contributed by atoms with Crippen LogP contribution in [-0.4, -0.2) is 5.21 Å². The van der Waals surface area contributed by atoms with Crippen molar-refractivity contribution in [3.05, 3.63) is 28.7 Å². The molecule has 0 bridgehead atoms. The average Bonchev–Trinajstić information content (AvgIpc) is 1.88. The molecular weight excluding hydrogens is 249 g/mol. The molecule has 0 saturated heterocycles. The fourth-order valence-electron chi connectivity index (χ4n) is 0.599. The van der Waals surface area contributed by atoms with Gasteiger partial charge in [0.05, 0.1) is 12.8 Å². The molecule has 5 heteroatoms. The van der Waals surface area contributed by atoms with Crippen LogP contribution in [0.25, 0.3) is 0 Å². The molecule has 0 aliphatic rings. The summed E-state index contributed by atoms with van der Waals surface area (Å²) < 4.78 is 1.04. The molecule has 62 valence electrons.